The van der Waals surface area contributed by atoms with Gasteiger partial charge in [-0.2, -0.15) is 0 Å². The Kier molecular flexibility index (Phi) is 4.89. The molecule has 0 saturated heterocycles. The molecular weight excluding hydrogens is 356 g/mol. The molecule has 0 radical (unpaired) electrons. The zero-order valence-electron chi connectivity index (χ0n) is 17.0. The SMILES string of the molecule is CC(=O)OC#CC1CC2=CC(O)[C@@H]3[C@@H](CC[C@]4(C)C(O)CC[C@@H]34)[C@@]2(C)CC1O. The number of allylic oxidation sites excluding steroid dienone is 1. The van der Waals surface area contributed by atoms with Crippen LogP contribution in [0.5, 0.6) is 0 Å². The average Bonchev–Trinajstić information content (AvgIpc) is 2.92. The fourth-order valence-electron chi connectivity index (χ4n) is 6.99. The van der Waals surface area contributed by atoms with Gasteiger partial charge in [0.25, 0.3) is 0 Å². The highest BCUT2D eigenvalue weighted by Gasteiger charge is 2.61. The van der Waals surface area contributed by atoms with Gasteiger partial charge in [0.15, 0.2) is 0 Å². The van der Waals surface area contributed by atoms with Crippen LogP contribution < -0.4 is 0 Å². The molecular formula is C23H32O5. The molecule has 0 aliphatic heterocycles. The topological polar surface area (TPSA) is 87.0 Å². The first kappa shape index (κ1) is 19.9. The minimum absolute atomic E-state index is 0.102. The van der Waals surface area contributed by atoms with Crippen LogP contribution in [0.25, 0.3) is 0 Å². The van der Waals surface area contributed by atoms with Crippen molar-refractivity contribution in [3.63, 3.8) is 0 Å². The third kappa shape index (κ3) is 2.93. The lowest BCUT2D eigenvalue weighted by Crippen LogP contribution is -2.56. The number of aliphatic hydroxyl groups is 3. The van der Waals surface area contributed by atoms with Crippen LogP contribution >= 0.6 is 0 Å². The Hall–Kier alpha value is -1.35. The summed E-state index contributed by atoms with van der Waals surface area (Å²) in [4.78, 5) is 10.9. The molecule has 9 atom stereocenters. The van der Waals surface area contributed by atoms with Crippen LogP contribution in [0.4, 0.5) is 0 Å². The van der Waals surface area contributed by atoms with Crippen molar-refractivity contribution in [1.82, 2.24) is 0 Å². The van der Waals surface area contributed by atoms with Gasteiger partial charge in [0.05, 0.1) is 24.2 Å². The molecule has 0 heterocycles. The summed E-state index contributed by atoms with van der Waals surface area (Å²) in [7, 11) is 0. The third-order valence-corrected chi connectivity index (χ3v) is 8.58. The van der Waals surface area contributed by atoms with Gasteiger partial charge in [-0.3, -0.25) is 4.79 Å². The highest BCUT2D eigenvalue weighted by Crippen LogP contribution is 2.65. The highest BCUT2D eigenvalue weighted by molar-refractivity contribution is 5.67. The maximum Gasteiger partial charge on any atom is 0.316 e. The van der Waals surface area contributed by atoms with E-state index in [-0.39, 0.29) is 28.8 Å². The number of hydrogen-bond acceptors (Lipinski definition) is 5. The van der Waals surface area contributed by atoms with E-state index in [4.69, 9.17) is 4.74 Å². The number of ether oxygens (including phenoxy) is 1. The van der Waals surface area contributed by atoms with Gasteiger partial charge >= 0.3 is 5.97 Å². The Bertz CT molecular complexity index is 748. The Labute approximate surface area is 167 Å². The number of fused-ring (bicyclic) bond motifs is 5. The Morgan fingerprint density at radius 2 is 1.93 bits per heavy atom. The molecule has 5 nitrogen and oxygen atoms in total. The summed E-state index contributed by atoms with van der Waals surface area (Å²) in [6, 6.07) is 0. The fraction of sp³-hybridized carbons (Fsp3) is 0.783. The average molecular weight is 389 g/mol. The second-order valence-corrected chi connectivity index (χ2v) is 9.95. The van der Waals surface area contributed by atoms with E-state index in [1.54, 1.807) is 0 Å². The standard InChI is InChI=1S/C23H32O5/c1-13(24)28-9-7-14-10-15-11-18(25)21-16-4-5-20(27)22(16,2)8-6-17(21)23(15,3)12-19(14)26/h11,14,16-21,25-27H,4-6,8,10,12H2,1-3H3/t14?,16-,17+,18?,19?,20?,21-,22-,23-/m0/s1. The molecule has 0 bridgehead atoms. The lowest BCUT2D eigenvalue weighted by Gasteiger charge is -2.59. The zero-order valence-corrected chi connectivity index (χ0v) is 17.0. The van der Waals surface area contributed by atoms with Crippen molar-refractivity contribution in [1.29, 1.82) is 0 Å². The van der Waals surface area contributed by atoms with Gasteiger partial charge in [-0.05, 0) is 67.1 Å². The molecule has 0 spiro atoms. The summed E-state index contributed by atoms with van der Waals surface area (Å²) in [6.07, 6.45) is 7.99. The molecule has 154 valence electrons. The highest BCUT2D eigenvalue weighted by atomic mass is 16.5. The molecule has 0 aromatic heterocycles. The minimum atomic E-state index is -0.580. The van der Waals surface area contributed by atoms with Gasteiger partial charge in [-0.1, -0.05) is 31.4 Å². The molecule has 0 amide bonds. The van der Waals surface area contributed by atoms with E-state index in [0.717, 1.165) is 25.7 Å². The first-order valence-electron chi connectivity index (χ1n) is 10.6. The Morgan fingerprint density at radius 1 is 1.18 bits per heavy atom. The van der Waals surface area contributed by atoms with E-state index < -0.39 is 18.2 Å². The van der Waals surface area contributed by atoms with Crippen molar-refractivity contribution in [2.45, 2.75) is 77.6 Å². The summed E-state index contributed by atoms with van der Waals surface area (Å²) >= 11 is 0. The molecule has 0 aromatic rings. The minimum Gasteiger partial charge on any atom is -0.393 e. The van der Waals surface area contributed by atoms with Crippen LogP contribution in [-0.2, 0) is 9.53 Å². The van der Waals surface area contributed by atoms with E-state index in [0.29, 0.717) is 24.7 Å². The molecule has 4 aliphatic carbocycles. The summed E-state index contributed by atoms with van der Waals surface area (Å²) in [5.41, 5.74) is 0.920. The van der Waals surface area contributed by atoms with Gasteiger partial charge in [0, 0.05) is 6.92 Å². The number of carbonyl (C=O) groups is 1. The van der Waals surface area contributed by atoms with Crippen LogP contribution in [0.1, 0.15) is 59.3 Å². The first-order valence-corrected chi connectivity index (χ1v) is 10.6. The molecule has 0 aromatic carbocycles. The summed E-state index contributed by atoms with van der Waals surface area (Å²) < 4.78 is 4.73. The van der Waals surface area contributed by atoms with E-state index in [1.165, 1.54) is 12.5 Å². The Balaban J connectivity index is 1.63. The van der Waals surface area contributed by atoms with Crippen LogP contribution in [0.15, 0.2) is 11.6 Å². The zero-order chi connectivity index (χ0) is 20.3. The monoisotopic (exact) mass is 388 g/mol. The van der Waals surface area contributed by atoms with Gasteiger partial charge < -0.3 is 20.1 Å². The molecule has 3 saturated carbocycles. The maximum atomic E-state index is 11.1. The lowest BCUT2D eigenvalue weighted by molar-refractivity contribution is -0.134. The van der Waals surface area contributed by atoms with Gasteiger partial charge in [0.2, 0.25) is 0 Å². The third-order valence-electron chi connectivity index (χ3n) is 8.58. The van der Waals surface area contributed by atoms with Crippen molar-refractivity contribution < 1.29 is 24.9 Å². The largest absolute Gasteiger partial charge is 0.393 e. The molecule has 3 N–H and O–H groups in total. The molecule has 3 fully saturated rings. The predicted octanol–water partition coefficient (Wildman–Crippen LogP) is 2.39. The first-order chi connectivity index (χ1) is 13.2. The molecule has 4 unspecified atom stereocenters. The predicted molar refractivity (Wildman–Crippen MR) is 104 cm³/mol. The van der Waals surface area contributed by atoms with Gasteiger partial charge in [-0.25, -0.2) is 0 Å². The molecule has 4 rings (SSSR count). The van der Waals surface area contributed by atoms with Crippen molar-refractivity contribution in [3.8, 4) is 12.0 Å². The molecule has 4 aliphatic rings. The quantitative estimate of drug-likeness (QED) is 0.337. The maximum absolute atomic E-state index is 11.1. The smallest absolute Gasteiger partial charge is 0.316 e. The number of rotatable bonds is 0. The summed E-state index contributed by atoms with van der Waals surface area (Å²) in [6.45, 7) is 5.73. The second kappa shape index (κ2) is 6.86. The van der Waals surface area contributed by atoms with Gasteiger partial charge in [0.1, 0.15) is 6.11 Å². The number of esters is 1. The van der Waals surface area contributed by atoms with E-state index >= 15 is 0 Å². The van der Waals surface area contributed by atoms with E-state index in [9.17, 15) is 20.1 Å². The lowest BCUT2D eigenvalue weighted by atomic mass is 9.46. The van der Waals surface area contributed by atoms with Crippen LogP contribution in [0, 0.1) is 46.5 Å². The van der Waals surface area contributed by atoms with Crippen LogP contribution in [-0.4, -0.2) is 39.6 Å². The number of aliphatic hydroxyl groups excluding tert-OH is 3. The van der Waals surface area contributed by atoms with Crippen molar-refractivity contribution in [2.75, 3.05) is 0 Å². The fourth-order valence-corrected chi connectivity index (χ4v) is 6.99. The van der Waals surface area contributed by atoms with E-state index in [1.807, 2.05) is 6.08 Å². The van der Waals surface area contributed by atoms with Crippen molar-refractivity contribution in [2.24, 2.45) is 34.5 Å². The normalized spacial score (nSPS) is 49.6. The molecule has 5 heteroatoms. The second-order valence-electron chi connectivity index (χ2n) is 9.95. The van der Waals surface area contributed by atoms with Crippen molar-refractivity contribution in [3.05, 3.63) is 11.6 Å². The summed E-state index contributed by atoms with van der Waals surface area (Å²) in [5.74, 6) is 2.92. The Morgan fingerprint density at radius 3 is 2.64 bits per heavy atom. The number of carbonyl (C=O) groups excluding carboxylic acids is 1. The summed E-state index contributed by atoms with van der Waals surface area (Å²) in [5, 5.41) is 32.4. The van der Waals surface area contributed by atoms with Crippen molar-refractivity contribution >= 4 is 5.97 Å². The van der Waals surface area contributed by atoms with E-state index in [2.05, 4.69) is 25.9 Å². The van der Waals surface area contributed by atoms with Gasteiger partial charge in [-0.15, -0.1) is 0 Å². The van der Waals surface area contributed by atoms with Crippen LogP contribution in [0.2, 0.25) is 0 Å². The number of hydrogen-bond donors (Lipinski definition) is 3. The molecule has 28 heavy (non-hydrogen) atoms. The van der Waals surface area contributed by atoms with Crippen LogP contribution in [0.3, 0.4) is 0 Å².